The molecule has 0 aliphatic rings. The molecule has 4 nitrogen and oxygen atoms in total. The molecule has 0 spiro atoms. The van der Waals surface area contributed by atoms with Gasteiger partial charge in [-0.05, 0) is 30.7 Å². The number of aliphatic hydroxyl groups is 1. The topological polar surface area (TPSA) is 54.5 Å². The van der Waals surface area contributed by atoms with Gasteiger partial charge in [0.15, 0.2) is 0 Å². The van der Waals surface area contributed by atoms with E-state index in [1.54, 1.807) is 20.3 Å². The van der Waals surface area contributed by atoms with E-state index in [0.29, 0.717) is 17.1 Å². The third-order valence-electron chi connectivity index (χ3n) is 4.01. The second kappa shape index (κ2) is 5.73. The Bertz CT molecular complexity index is 807. The number of rotatable bonds is 4. The summed E-state index contributed by atoms with van der Waals surface area (Å²) in [5.41, 5.74) is 3.55. The normalized spacial score (nSPS) is 12.4. The predicted octanol–water partition coefficient (Wildman–Crippen LogP) is 3.58. The number of aliphatic hydroxyl groups excluding tert-OH is 1. The van der Waals surface area contributed by atoms with E-state index in [9.17, 15) is 5.11 Å². The SMILES string of the molecule is COc1ccc(C(O)c2[nH]c3ccccc3c2C)c(OC)c1. The van der Waals surface area contributed by atoms with E-state index in [4.69, 9.17) is 9.47 Å². The highest BCUT2D eigenvalue weighted by Crippen LogP contribution is 2.35. The van der Waals surface area contributed by atoms with Gasteiger partial charge in [0, 0.05) is 22.5 Å². The third kappa shape index (κ3) is 2.31. The van der Waals surface area contributed by atoms with E-state index >= 15 is 0 Å². The predicted molar refractivity (Wildman–Crippen MR) is 86.6 cm³/mol. The van der Waals surface area contributed by atoms with Crippen LogP contribution in [0.4, 0.5) is 0 Å². The first-order valence-electron chi connectivity index (χ1n) is 7.13. The fraction of sp³-hybridized carbons (Fsp3) is 0.222. The maximum atomic E-state index is 10.8. The molecular weight excluding hydrogens is 278 g/mol. The zero-order chi connectivity index (χ0) is 15.7. The van der Waals surface area contributed by atoms with Crippen LogP contribution in [0.15, 0.2) is 42.5 Å². The lowest BCUT2D eigenvalue weighted by molar-refractivity contribution is 0.210. The molecule has 4 heteroatoms. The largest absolute Gasteiger partial charge is 0.497 e. The lowest BCUT2D eigenvalue weighted by Gasteiger charge is -2.16. The average Bonchev–Trinajstić information content (AvgIpc) is 2.91. The number of aromatic amines is 1. The molecule has 2 N–H and O–H groups in total. The fourth-order valence-corrected chi connectivity index (χ4v) is 2.78. The highest BCUT2D eigenvalue weighted by atomic mass is 16.5. The van der Waals surface area contributed by atoms with Gasteiger partial charge < -0.3 is 19.6 Å². The average molecular weight is 297 g/mol. The molecule has 1 atom stereocenters. The number of aromatic nitrogens is 1. The highest BCUT2D eigenvalue weighted by molar-refractivity contribution is 5.84. The quantitative estimate of drug-likeness (QED) is 0.774. The van der Waals surface area contributed by atoms with Crippen molar-refractivity contribution in [2.24, 2.45) is 0 Å². The van der Waals surface area contributed by atoms with Crippen molar-refractivity contribution in [1.82, 2.24) is 4.98 Å². The number of aryl methyl sites for hydroxylation is 1. The van der Waals surface area contributed by atoms with Crippen LogP contribution in [0.5, 0.6) is 11.5 Å². The van der Waals surface area contributed by atoms with Gasteiger partial charge in [-0.25, -0.2) is 0 Å². The molecule has 1 aromatic heterocycles. The molecule has 0 saturated heterocycles. The highest BCUT2D eigenvalue weighted by Gasteiger charge is 2.20. The van der Waals surface area contributed by atoms with Crippen LogP contribution in [0.3, 0.4) is 0 Å². The number of nitrogens with one attached hydrogen (secondary N) is 1. The second-order valence-electron chi connectivity index (χ2n) is 5.22. The molecule has 0 saturated carbocycles. The Hall–Kier alpha value is -2.46. The molecule has 0 amide bonds. The number of fused-ring (bicyclic) bond motifs is 1. The molecule has 0 fully saturated rings. The third-order valence-corrected chi connectivity index (χ3v) is 4.01. The summed E-state index contributed by atoms with van der Waals surface area (Å²) in [6.45, 7) is 2.01. The maximum absolute atomic E-state index is 10.8. The Balaban J connectivity index is 2.09. The molecule has 0 aliphatic carbocycles. The van der Waals surface area contributed by atoms with Crippen LogP contribution in [0.25, 0.3) is 10.9 Å². The van der Waals surface area contributed by atoms with Crippen LogP contribution in [0.1, 0.15) is 22.9 Å². The summed E-state index contributed by atoms with van der Waals surface area (Å²) in [6.07, 6.45) is -0.784. The number of hydrogen-bond donors (Lipinski definition) is 2. The van der Waals surface area contributed by atoms with Gasteiger partial charge >= 0.3 is 0 Å². The molecule has 0 radical (unpaired) electrons. The summed E-state index contributed by atoms with van der Waals surface area (Å²) in [7, 11) is 3.19. The zero-order valence-electron chi connectivity index (χ0n) is 12.9. The number of methoxy groups -OCH3 is 2. The first-order chi connectivity index (χ1) is 10.7. The number of benzene rings is 2. The van der Waals surface area contributed by atoms with Crippen molar-refractivity contribution < 1.29 is 14.6 Å². The Kier molecular flexibility index (Phi) is 3.77. The summed E-state index contributed by atoms with van der Waals surface area (Å²) in [6, 6.07) is 13.4. The van der Waals surface area contributed by atoms with Crippen LogP contribution in [0, 0.1) is 6.92 Å². The van der Waals surface area contributed by atoms with Gasteiger partial charge in [-0.15, -0.1) is 0 Å². The van der Waals surface area contributed by atoms with Gasteiger partial charge in [-0.3, -0.25) is 0 Å². The number of ether oxygens (including phenoxy) is 2. The molecule has 3 rings (SSSR count). The van der Waals surface area contributed by atoms with Crippen LogP contribution >= 0.6 is 0 Å². The molecule has 0 aliphatic heterocycles. The van der Waals surface area contributed by atoms with E-state index in [1.165, 1.54) is 0 Å². The van der Waals surface area contributed by atoms with Crippen molar-refractivity contribution in [1.29, 1.82) is 0 Å². The summed E-state index contributed by atoms with van der Waals surface area (Å²) in [4.78, 5) is 3.31. The molecule has 1 unspecified atom stereocenters. The van der Waals surface area contributed by atoms with Crippen LogP contribution in [0.2, 0.25) is 0 Å². The van der Waals surface area contributed by atoms with E-state index in [-0.39, 0.29) is 0 Å². The molecular formula is C18H19NO3. The van der Waals surface area contributed by atoms with Gasteiger partial charge in [0.2, 0.25) is 0 Å². The van der Waals surface area contributed by atoms with Crippen molar-refractivity contribution in [3.8, 4) is 11.5 Å². The van der Waals surface area contributed by atoms with Gasteiger partial charge in [-0.2, -0.15) is 0 Å². The minimum Gasteiger partial charge on any atom is -0.497 e. The summed E-state index contributed by atoms with van der Waals surface area (Å²) < 4.78 is 10.6. The second-order valence-corrected chi connectivity index (χ2v) is 5.22. The van der Waals surface area contributed by atoms with Crippen molar-refractivity contribution in [3.63, 3.8) is 0 Å². The van der Waals surface area contributed by atoms with Gasteiger partial charge in [0.05, 0.1) is 19.9 Å². The lowest BCUT2D eigenvalue weighted by Crippen LogP contribution is -2.04. The molecule has 2 aromatic carbocycles. The van der Waals surface area contributed by atoms with E-state index in [1.807, 2.05) is 43.3 Å². The minimum absolute atomic E-state index is 0.602. The number of hydrogen-bond acceptors (Lipinski definition) is 3. The van der Waals surface area contributed by atoms with Crippen LogP contribution in [-0.4, -0.2) is 24.3 Å². The van der Waals surface area contributed by atoms with E-state index in [2.05, 4.69) is 4.98 Å². The summed E-state index contributed by atoms with van der Waals surface area (Å²) in [5.74, 6) is 1.30. The monoisotopic (exact) mass is 297 g/mol. The van der Waals surface area contributed by atoms with Gasteiger partial charge in [0.25, 0.3) is 0 Å². The molecule has 22 heavy (non-hydrogen) atoms. The number of H-pyrrole nitrogens is 1. The Morgan fingerprint density at radius 3 is 2.50 bits per heavy atom. The van der Waals surface area contributed by atoms with Crippen LogP contribution in [-0.2, 0) is 0 Å². The van der Waals surface area contributed by atoms with Crippen LogP contribution < -0.4 is 9.47 Å². The van der Waals surface area contributed by atoms with Gasteiger partial charge in [-0.1, -0.05) is 18.2 Å². The molecule has 114 valence electrons. The van der Waals surface area contributed by atoms with Crippen molar-refractivity contribution in [3.05, 3.63) is 59.3 Å². The number of para-hydroxylation sites is 1. The van der Waals surface area contributed by atoms with Gasteiger partial charge in [0.1, 0.15) is 17.6 Å². The fourth-order valence-electron chi connectivity index (χ4n) is 2.78. The first kappa shape index (κ1) is 14.5. The lowest BCUT2D eigenvalue weighted by atomic mass is 10.0. The Morgan fingerprint density at radius 1 is 1.05 bits per heavy atom. The van der Waals surface area contributed by atoms with Crippen molar-refractivity contribution >= 4 is 10.9 Å². The summed E-state index contributed by atoms with van der Waals surface area (Å²) >= 11 is 0. The molecule has 3 aromatic rings. The smallest absolute Gasteiger partial charge is 0.128 e. The van der Waals surface area contributed by atoms with E-state index in [0.717, 1.165) is 22.2 Å². The molecule has 0 bridgehead atoms. The minimum atomic E-state index is -0.784. The van der Waals surface area contributed by atoms with E-state index < -0.39 is 6.10 Å². The van der Waals surface area contributed by atoms with Crippen molar-refractivity contribution in [2.45, 2.75) is 13.0 Å². The zero-order valence-corrected chi connectivity index (χ0v) is 12.9. The molecule has 1 heterocycles. The Morgan fingerprint density at radius 2 is 1.82 bits per heavy atom. The maximum Gasteiger partial charge on any atom is 0.128 e. The summed E-state index contributed by atoms with van der Waals surface area (Å²) in [5, 5.41) is 11.9. The van der Waals surface area contributed by atoms with Crippen molar-refractivity contribution in [2.75, 3.05) is 14.2 Å². The standard InChI is InChI=1S/C18H19NO3/c1-11-13-6-4-5-7-15(13)19-17(11)18(20)14-9-8-12(21-2)10-16(14)22-3/h4-10,18-20H,1-3H3. The Labute approximate surface area is 129 Å². The first-order valence-corrected chi connectivity index (χ1v) is 7.13.